The molecule has 1 saturated heterocycles. The van der Waals surface area contributed by atoms with Crippen molar-refractivity contribution in [3.05, 3.63) is 70.3 Å². The van der Waals surface area contributed by atoms with Crippen molar-refractivity contribution in [3.63, 3.8) is 0 Å². The van der Waals surface area contributed by atoms with Gasteiger partial charge in [0.25, 0.3) is 5.91 Å². The quantitative estimate of drug-likeness (QED) is 0.588. The summed E-state index contributed by atoms with van der Waals surface area (Å²) in [6.45, 7) is 3.86. The first-order valence-corrected chi connectivity index (χ1v) is 9.94. The predicted molar refractivity (Wildman–Crippen MR) is 113 cm³/mol. The molecule has 1 aliphatic carbocycles. The van der Waals surface area contributed by atoms with Gasteiger partial charge in [-0.05, 0) is 62.6 Å². The summed E-state index contributed by atoms with van der Waals surface area (Å²) in [5.74, 6) is -1.31. The molecule has 4 rings (SSSR count). The first-order chi connectivity index (χ1) is 13.8. The summed E-state index contributed by atoms with van der Waals surface area (Å²) in [6, 6.07) is 11.9. The van der Waals surface area contributed by atoms with Gasteiger partial charge in [-0.2, -0.15) is 0 Å². The minimum atomic E-state index is -0.328. The number of fused-ring (bicyclic) bond motifs is 1. The van der Waals surface area contributed by atoms with E-state index in [9.17, 15) is 14.4 Å². The molecule has 2 aliphatic rings. The lowest BCUT2D eigenvalue weighted by Crippen LogP contribution is -2.31. The summed E-state index contributed by atoms with van der Waals surface area (Å²) < 4.78 is 0. The molecule has 0 radical (unpaired) electrons. The Morgan fingerprint density at radius 3 is 2.62 bits per heavy atom. The molecule has 0 spiro atoms. The fourth-order valence-electron chi connectivity index (χ4n) is 4.00. The highest BCUT2D eigenvalue weighted by Crippen LogP contribution is 2.39. The number of carbonyl (C=O) groups is 3. The molecule has 3 amide bonds. The molecule has 148 valence electrons. The summed E-state index contributed by atoms with van der Waals surface area (Å²) in [6.07, 6.45) is 3.23. The van der Waals surface area contributed by atoms with Crippen molar-refractivity contribution in [2.75, 3.05) is 10.2 Å². The van der Waals surface area contributed by atoms with Gasteiger partial charge < -0.3 is 5.32 Å². The molecule has 2 aromatic carbocycles. The molecule has 0 unspecified atom stereocenters. The van der Waals surface area contributed by atoms with Crippen LogP contribution in [0.3, 0.4) is 0 Å². The van der Waals surface area contributed by atoms with Crippen LogP contribution < -0.4 is 10.2 Å². The number of nitrogens with zero attached hydrogens (tertiary/aromatic N) is 1. The Morgan fingerprint density at radius 1 is 1.07 bits per heavy atom. The third kappa shape index (κ3) is 3.58. The maximum Gasteiger partial charge on any atom is 0.255 e. The van der Waals surface area contributed by atoms with E-state index < -0.39 is 0 Å². The Kier molecular flexibility index (Phi) is 5.01. The number of halogens is 1. The Labute approximate surface area is 174 Å². The minimum Gasteiger partial charge on any atom is -0.322 e. The first kappa shape index (κ1) is 19.4. The maximum absolute atomic E-state index is 12.9. The second-order valence-corrected chi connectivity index (χ2v) is 8.12. The number of carbonyl (C=O) groups excluding carboxylic acids is 3. The van der Waals surface area contributed by atoms with Crippen LogP contribution in [0, 0.1) is 18.8 Å². The average Bonchev–Trinajstić information content (AvgIpc) is 2.94. The Hall–Kier alpha value is -2.92. The van der Waals surface area contributed by atoms with E-state index in [0.717, 1.165) is 11.1 Å². The van der Waals surface area contributed by atoms with Crippen LogP contribution in [0.4, 0.5) is 11.4 Å². The molecule has 29 heavy (non-hydrogen) atoms. The van der Waals surface area contributed by atoms with Crippen LogP contribution in [-0.2, 0) is 9.59 Å². The van der Waals surface area contributed by atoms with Gasteiger partial charge in [0, 0.05) is 16.3 Å². The van der Waals surface area contributed by atoms with Crippen molar-refractivity contribution in [1.82, 2.24) is 0 Å². The van der Waals surface area contributed by atoms with Crippen molar-refractivity contribution >= 4 is 40.7 Å². The van der Waals surface area contributed by atoms with E-state index in [4.69, 9.17) is 11.6 Å². The fraction of sp³-hybridized carbons (Fsp3) is 0.261. The molecule has 1 N–H and O–H groups in total. The van der Waals surface area contributed by atoms with Crippen molar-refractivity contribution in [2.24, 2.45) is 11.8 Å². The number of allylic oxidation sites excluding steroid dienone is 2. The zero-order valence-electron chi connectivity index (χ0n) is 16.2. The van der Waals surface area contributed by atoms with E-state index in [1.54, 1.807) is 36.4 Å². The monoisotopic (exact) mass is 408 g/mol. The van der Waals surface area contributed by atoms with Crippen molar-refractivity contribution in [3.8, 4) is 0 Å². The number of benzene rings is 2. The summed E-state index contributed by atoms with van der Waals surface area (Å²) in [5, 5.41) is 3.37. The maximum atomic E-state index is 12.9. The van der Waals surface area contributed by atoms with Crippen LogP contribution in [0.2, 0.25) is 5.02 Å². The van der Waals surface area contributed by atoms with Crippen LogP contribution >= 0.6 is 11.6 Å². The molecule has 1 aliphatic heterocycles. The van der Waals surface area contributed by atoms with Gasteiger partial charge in [-0.25, -0.2) is 0 Å². The van der Waals surface area contributed by atoms with Gasteiger partial charge in [0.1, 0.15) is 0 Å². The van der Waals surface area contributed by atoms with Gasteiger partial charge in [0.2, 0.25) is 11.8 Å². The zero-order chi connectivity index (χ0) is 20.7. The number of aryl methyl sites for hydroxylation is 1. The molecule has 0 bridgehead atoms. The lowest BCUT2D eigenvalue weighted by atomic mass is 9.82. The van der Waals surface area contributed by atoms with Crippen LogP contribution in [-0.4, -0.2) is 17.7 Å². The van der Waals surface area contributed by atoms with Gasteiger partial charge in [-0.3, -0.25) is 19.3 Å². The van der Waals surface area contributed by atoms with Crippen molar-refractivity contribution < 1.29 is 14.4 Å². The minimum absolute atomic E-state index is 0.185. The van der Waals surface area contributed by atoms with Gasteiger partial charge >= 0.3 is 0 Å². The number of amides is 3. The molecule has 2 aromatic rings. The Morgan fingerprint density at radius 2 is 1.83 bits per heavy atom. The van der Waals surface area contributed by atoms with Crippen molar-refractivity contribution in [2.45, 2.75) is 26.7 Å². The second-order valence-electron chi connectivity index (χ2n) is 7.68. The smallest absolute Gasteiger partial charge is 0.255 e. The van der Waals surface area contributed by atoms with Crippen molar-refractivity contribution in [1.29, 1.82) is 0 Å². The molecule has 0 saturated carbocycles. The number of imide groups is 1. The van der Waals surface area contributed by atoms with E-state index in [2.05, 4.69) is 5.32 Å². The van der Waals surface area contributed by atoms with E-state index >= 15 is 0 Å². The van der Waals surface area contributed by atoms with Crippen LogP contribution in [0.5, 0.6) is 0 Å². The molecular formula is C23H21ClN2O3. The molecule has 6 heteroatoms. The SMILES string of the molecule is CC1=CC[C@H]2C(=O)N(c3cccc(C(=O)Nc4cc(Cl)ccc4C)c3)C(=O)[C@H]2C1. The summed E-state index contributed by atoms with van der Waals surface area (Å²) in [4.78, 5) is 39.8. The van der Waals surface area contributed by atoms with Gasteiger partial charge in [-0.1, -0.05) is 35.4 Å². The largest absolute Gasteiger partial charge is 0.322 e. The molecule has 1 fully saturated rings. The number of anilines is 2. The lowest BCUT2D eigenvalue weighted by molar-refractivity contribution is -0.122. The highest BCUT2D eigenvalue weighted by atomic mass is 35.5. The number of hydrogen-bond donors (Lipinski definition) is 1. The Balaban J connectivity index is 1.59. The molecule has 1 heterocycles. The van der Waals surface area contributed by atoms with E-state index in [1.165, 1.54) is 4.90 Å². The summed E-state index contributed by atoms with van der Waals surface area (Å²) in [7, 11) is 0. The van der Waals surface area contributed by atoms with E-state index in [0.29, 0.717) is 34.8 Å². The Bertz CT molecular complexity index is 1060. The van der Waals surface area contributed by atoms with E-state index in [-0.39, 0.29) is 29.6 Å². The van der Waals surface area contributed by atoms with Gasteiger partial charge in [0.05, 0.1) is 17.5 Å². The third-order valence-corrected chi connectivity index (χ3v) is 5.87. The number of nitrogens with one attached hydrogen (secondary N) is 1. The lowest BCUT2D eigenvalue weighted by Gasteiger charge is -2.18. The normalized spacial score (nSPS) is 21.1. The van der Waals surface area contributed by atoms with Crippen LogP contribution in [0.25, 0.3) is 0 Å². The van der Waals surface area contributed by atoms with E-state index in [1.807, 2.05) is 26.0 Å². The summed E-state index contributed by atoms with van der Waals surface area (Å²) in [5.41, 5.74) is 3.44. The zero-order valence-corrected chi connectivity index (χ0v) is 17.0. The number of rotatable bonds is 3. The highest BCUT2D eigenvalue weighted by Gasteiger charge is 2.48. The average molecular weight is 409 g/mol. The highest BCUT2D eigenvalue weighted by molar-refractivity contribution is 6.31. The third-order valence-electron chi connectivity index (χ3n) is 5.64. The first-order valence-electron chi connectivity index (χ1n) is 9.56. The van der Waals surface area contributed by atoms with Crippen LogP contribution in [0.15, 0.2) is 54.1 Å². The fourth-order valence-corrected chi connectivity index (χ4v) is 4.17. The molecule has 0 aromatic heterocycles. The molecule has 2 atom stereocenters. The van der Waals surface area contributed by atoms with Gasteiger partial charge in [-0.15, -0.1) is 0 Å². The molecule has 5 nitrogen and oxygen atoms in total. The summed E-state index contributed by atoms with van der Waals surface area (Å²) >= 11 is 6.02. The standard InChI is InChI=1S/C23H21ClN2O3/c1-13-6-9-18-19(10-13)23(29)26(22(18)28)17-5-3-4-15(11-17)21(27)25-20-12-16(24)8-7-14(20)2/h3-8,11-12,18-19H,9-10H2,1-2H3,(H,25,27)/t18-,19+/m1/s1. The van der Waals surface area contributed by atoms with Gasteiger partial charge in [0.15, 0.2) is 0 Å². The number of hydrogen-bond acceptors (Lipinski definition) is 3. The second kappa shape index (κ2) is 7.48. The topological polar surface area (TPSA) is 66.5 Å². The van der Waals surface area contributed by atoms with Crippen LogP contribution in [0.1, 0.15) is 35.7 Å². The predicted octanol–water partition coefficient (Wildman–Crippen LogP) is 4.75. The molecular weight excluding hydrogens is 388 g/mol.